The lowest BCUT2D eigenvalue weighted by molar-refractivity contribution is -0.120. The van der Waals surface area contributed by atoms with Crippen molar-refractivity contribution in [2.24, 2.45) is 0 Å². The molecule has 1 aromatic heterocycles. The van der Waals surface area contributed by atoms with Crippen LogP contribution in [0, 0.1) is 0 Å². The van der Waals surface area contributed by atoms with Crippen molar-refractivity contribution in [3.63, 3.8) is 0 Å². The number of aliphatic hydroxyl groups is 1. The number of pyridine rings is 1. The summed E-state index contributed by atoms with van der Waals surface area (Å²) in [6.07, 6.45) is 3.67. The summed E-state index contributed by atoms with van der Waals surface area (Å²) < 4.78 is 5.01. The summed E-state index contributed by atoms with van der Waals surface area (Å²) >= 11 is 0. The van der Waals surface area contributed by atoms with Crippen molar-refractivity contribution in [1.82, 2.24) is 10.3 Å². The molecular formula is C11H16N2O3. The summed E-state index contributed by atoms with van der Waals surface area (Å²) in [5.74, 6) is -0.0550. The quantitative estimate of drug-likeness (QED) is 0.626. The van der Waals surface area contributed by atoms with E-state index in [1.165, 1.54) is 0 Å². The smallest absolute Gasteiger partial charge is 0.224 e. The predicted octanol–water partition coefficient (Wildman–Crippen LogP) is -0.251. The van der Waals surface area contributed by atoms with Gasteiger partial charge in [-0.3, -0.25) is 9.78 Å². The van der Waals surface area contributed by atoms with E-state index < -0.39 is 0 Å². The molecule has 1 aromatic rings. The van der Waals surface area contributed by atoms with E-state index in [9.17, 15) is 4.79 Å². The molecule has 1 amide bonds. The number of carbonyl (C=O) groups is 1. The SMILES string of the molecule is O=C(Cc1cccnc1)NCCOCCO. The molecule has 88 valence electrons. The molecule has 5 heteroatoms. The number of amides is 1. The van der Waals surface area contributed by atoms with Crippen LogP contribution in [0.3, 0.4) is 0 Å². The van der Waals surface area contributed by atoms with Crippen LogP contribution in [0.4, 0.5) is 0 Å². The summed E-state index contributed by atoms with van der Waals surface area (Å²) in [6, 6.07) is 3.65. The van der Waals surface area contributed by atoms with Crippen LogP contribution in [0.5, 0.6) is 0 Å². The second kappa shape index (κ2) is 7.78. The second-order valence-electron chi connectivity index (χ2n) is 3.22. The number of hydrogen-bond donors (Lipinski definition) is 2. The third kappa shape index (κ3) is 5.43. The lowest BCUT2D eigenvalue weighted by Gasteiger charge is -2.05. The van der Waals surface area contributed by atoms with Crippen molar-refractivity contribution >= 4 is 5.91 Å². The Morgan fingerprint density at radius 1 is 1.50 bits per heavy atom. The van der Waals surface area contributed by atoms with Gasteiger partial charge >= 0.3 is 0 Å². The van der Waals surface area contributed by atoms with E-state index in [2.05, 4.69) is 10.3 Å². The minimum atomic E-state index is -0.0550. The number of rotatable bonds is 7. The monoisotopic (exact) mass is 224 g/mol. The molecule has 0 saturated carbocycles. The van der Waals surface area contributed by atoms with Crippen LogP contribution in [0.2, 0.25) is 0 Å². The highest BCUT2D eigenvalue weighted by Crippen LogP contribution is 1.96. The van der Waals surface area contributed by atoms with Gasteiger partial charge in [-0.25, -0.2) is 0 Å². The maximum absolute atomic E-state index is 11.4. The van der Waals surface area contributed by atoms with Gasteiger partial charge < -0.3 is 15.2 Å². The number of carbonyl (C=O) groups excluding carboxylic acids is 1. The largest absolute Gasteiger partial charge is 0.394 e. The molecule has 2 N–H and O–H groups in total. The van der Waals surface area contributed by atoms with Crippen LogP contribution in [0.1, 0.15) is 5.56 Å². The zero-order valence-electron chi connectivity index (χ0n) is 9.06. The fourth-order valence-corrected chi connectivity index (χ4v) is 1.18. The minimum absolute atomic E-state index is 0.00360. The molecule has 0 atom stereocenters. The average Bonchev–Trinajstić information content (AvgIpc) is 2.30. The zero-order valence-corrected chi connectivity index (χ0v) is 9.06. The molecule has 16 heavy (non-hydrogen) atoms. The maximum atomic E-state index is 11.4. The molecule has 5 nitrogen and oxygen atoms in total. The second-order valence-corrected chi connectivity index (χ2v) is 3.22. The first kappa shape index (κ1) is 12.6. The van der Waals surface area contributed by atoms with Gasteiger partial charge in [0.05, 0.1) is 26.2 Å². The molecule has 0 saturated heterocycles. The summed E-state index contributed by atoms with van der Waals surface area (Å²) in [7, 11) is 0. The van der Waals surface area contributed by atoms with Crippen LogP contribution in [0.25, 0.3) is 0 Å². The number of aliphatic hydroxyl groups excluding tert-OH is 1. The highest BCUT2D eigenvalue weighted by atomic mass is 16.5. The zero-order chi connectivity index (χ0) is 11.6. The standard InChI is InChI=1S/C11H16N2O3/c14-5-7-16-6-4-13-11(15)8-10-2-1-3-12-9-10/h1-3,9,14H,4-8H2,(H,13,15). The van der Waals surface area contributed by atoms with Crippen molar-refractivity contribution in [3.05, 3.63) is 30.1 Å². The third-order valence-electron chi connectivity index (χ3n) is 1.89. The van der Waals surface area contributed by atoms with E-state index in [-0.39, 0.29) is 12.5 Å². The van der Waals surface area contributed by atoms with Crippen LogP contribution in [0.15, 0.2) is 24.5 Å². The molecule has 0 fully saturated rings. The van der Waals surface area contributed by atoms with Gasteiger partial charge in [0.25, 0.3) is 0 Å². The molecule has 0 unspecified atom stereocenters. The maximum Gasteiger partial charge on any atom is 0.224 e. The molecule has 0 spiro atoms. The summed E-state index contributed by atoms with van der Waals surface area (Å²) in [4.78, 5) is 15.3. The molecule has 0 aliphatic rings. The number of nitrogens with zero attached hydrogens (tertiary/aromatic N) is 1. The Morgan fingerprint density at radius 2 is 2.38 bits per heavy atom. The minimum Gasteiger partial charge on any atom is -0.394 e. The molecule has 1 rings (SSSR count). The van der Waals surface area contributed by atoms with E-state index >= 15 is 0 Å². The Labute approximate surface area is 94.5 Å². The van der Waals surface area contributed by atoms with Crippen LogP contribution in [-0.4, -0.2) is 42.4 Å². The van der Waals surface area contributed by atoms with Crippen LogP contribution in [-0.2, 0) is 16.0 Å². The first-order chi connectivity index (χ1) is 7.83. The normalized spacial score (nSPS) is 10.1. The van der Waals surface area contributed by atoms with Crippen LogP contribution < -0.4 is 5.32 Å². The van der Waals surface area contributed by atoms with Crippen molar-refractivity contribution in [2.75, 3.05) is 26.4 Å². The van der Waals surface area contributed by atoms with Gasteiger partial charge in [0.15, 0.2) is 0 Å². The van der Waals surface area contributed by atoms with Gasteiger partial charge in [-0.05, 0) is 11.6 Å². The predicted molar refractivity (Wildman–Crippen MR) is 58.9 cm³/mol. The number of nitrogens with one attached hydrogen (secondary N) is 1. The molecule has 0 bridgehead atoms. The van der Waals surface area contributed by atoms with Crippen molar-refractivity contribution in [3.8, 4) is 0 Å². The highest BCUT2D eigenvalue weighted by molar-refractivity contribution is 5.78. The summed E-state index contributed by atoms with van der Waals surface area (Å²) in [5.41, 5.74) is 0.885. The van der Waals surface area contributed by atoms with Gasteiger partial charge in [0, 0.05) is 18.9 Å². The lowest BCUT2D eigenvalue weighted by Crippen LogP contribution is -2.28. The first-order valence-corrected chi connectivity index (χ1v) is 5.17. The Balaban J connectivity index is 2.12. The van der Waals surface area contributed by atoms with Crippen LogP contribution >= 0.6 is 0 Å². The first-order valence-electron chi connectivity index (χ1n) is 5.17. The number of aromatic nitrogens is 1. The van der Waals surface area contributed by atoms with E-state index in [1.54, 1.807) is 18.5 Å². The summed E-state index contributed by atoms with van der Waals surface area (Å²) in [5, 5.41) is 11.2. The third-order valence-corrected chi connectivity index (χ3v) is 1.89. The Morgan fingerprint density at radius 3 is 3.06 bits per heavy atom. The fraction of sp³-hybridized carbons (Fsp3) is 0.455. The molecule has 1 heterocycles. The van der Waals surface area contributed by atoms with E-state index in [4.69, 9.17) is 9.84 Å². The Kier molecular flexibility index (Phi) is 6.13. The molecule has 0 radical (unpaired) electrons. The average molecular weight is 224 g/mol. The fourth-order valence-electron chi connectivity index (χ4n) is 1.18. The highest BCUT2D eigenvalue weighted by Gasteiger charge is 2.01. The molecule has 0 aromatic carbocycles. The van der Waals surface area contributed by atoms with Crippen molar-refractivity contribution < 1.29 is 14.6 Å². The lowest BCUT2D eigenvalue weighted by atomic mass is 10.2. The van der Waals surface area contributed by atoms with E-state index in [1.807, 2.05) is 6.07 Å². The molecule has 0 aliphatic carbocycles. The van der Waals surface area contributed by atoms with Gasteiger partial charge in [-0.2, -0.15) is 0 Å². The van der Waals surface area contributed by atoms with Gasteiger partial charge in [0.2, 0.25) is 5.91 Å². The summed E-state index contributed by atoms with van der Waals surface area (Å²) in [6.45, 7) is 1.18. The number of hydrogen-bond acceptors (Lipinski definition) is 4. The molecule has 0 aliphatic heterocycles. The van der Waals surface area contributed by atoms with Gasteiger partial charge in [-0.1, -0.05) is 6.07 Å². The molecular weight excluding hydrogens is 208 g/mol. The number of ether oxygens (including phenoxy) is 1. The van der Waals surface area contributed by atoms with Gasteiger partial charge in [-0.15, -0.1) is 0 Å². The van der Waals surface area contributed by atoms with Gasteiger partial charge in [0.1, 0.15) is 0 Å². The van der Waals surface area contributed by atoms with Crippen molar-refractivity contribution in [2.45, 2.75) is 6.42 Å². The van der Waals surface area contributed by atoms with E-state index in [0.29, 0.717) is 26.2 Å². The Hall–Kier alpha value is -1.46. The van der Waals surface area contributed by atoms with Crippen molar-refractivity contribution in [1.29, 1.82) is 0 Å². The Bertz CT molecular complexity index is 303. The van der Waals surface area contributed by atoms with E-state index in [0.717, 1.165) is 5.56 Å². The topological polar surface area (TPSA) is 71.5 Å².